The fourth-order valence-corrected chi connectivity index (χ4v) is 3.50. The highest BCUT2D eigenvalue weighted by molar-refractivity contribution is 5.42. The standard InChI is InChI=1S/C23H32O2/c1-18(2)8-6-4-5-7-17-23(3,19-9-13-21(24)14-10-19)20-11-15-22(25)16-12-20/h9-16,18,24-25H,4-8,17H2,1-3H3. The first kappa shape index (κ1) is 19.4. The Labute approximate surface area is 152 Å². The van der Waals surface area contributed by atoms with Crippen molar-refractivity contribution in [3.05, 3.63) is 59.7 Å². The molecule has 2 heteroatoms. The van der Waals surface area contributed by atoms with Crippen molar-refractivity contribution in [1.82, 2.24) is 0 Å². The van der Waals surface area contributed by atoms with E-state index in [0.29, 0.717) is 11.5 Å². The quantitative estimate of drug-likeness (QED) is 0.518. The van der Waals surface area contributed by atoms with E-state index >= 15 is 0 Å². The van der Waals surface area contributed by atoms with E-state index in [0.717, 1.165) is 12.3 Å². The largest absolute Gasteiger partial charge is 0.508 e. The Kier molecular flexibility index (Phi) is 6.92. The number of benzene rings is 2. The van der Waals surface area contributed by atoms with Crippen molar-refractivity contribution >= 4 is 0 Å². The van der Waals surface area contributed by atoms with E-state index in [-0.39, 0.29) is 5.41 Å². The van der Waals surface area contributed by atoms with E-state index in [2.05, 4.69) is 20.8 Å². The summed E-state index contributed by atoms with van der Waals surface area (Å²) in [6, 6.07) is 15.1. The Hall–Kier alpha value is -1.96. The minimum Gasteiger partial charge on any atom is -0.508 e. The third-order valence-electron chi connectivity index (χ3n) is 5.22. The van der Waals surface area contributed by atoms with Gasteiger partial charge in [0.15, 0.2) is 0 Å². The summed E-state index contributed by atoms with van der Waals surface area (Å²) in [5, 5.41) is 19.2. The molecule has 2 nitrogen and oxygen atoms in total. The lowest BCUT2D eigenvalue weighted by Crippen LogP contribution is -2.23. The predicted octanol–water partition coefficient (Wildman–Crippen LogP) is 6.40. The summed E-state index contributed by atoms with van der Waals surface area (Å²) >= 11 is 0. The van der Waals surface area contributed by atoms with Gasteiger partial charge in [-0.3, -0.25) is 0 Å². The van der Waals surface area contributed by atoms with Crippen LogP contribution in [-0.4, -0.2) is 10.2 Å². The van der Waals surface area contributed by atoms with Gasteiger partial charge in [0.05, 0.1) is 0 Å². The van der Waals surface area contributed by atoms with Gasteiger partial charge >= 0.3 is 0 Å². The minimum atomic E-state index is -0.112. The van der Waals surface area contributed by atoms with Crippen LogP contribution in [0, 0.1) is 5.92 Å². The van der Waals surface area contributed by atoms with Crippen LogP contribution in [0.5, 0.6) is 11.5 Å². The molecule has 2 rings (SSSR count). The SMILES string of the molecule is CC(C)CCCCCCC(C)(c1ccc(O)cc1)c1ccc(O)cc1. The molecule has 0 saturated heterocycles. The molecule has 0 aliphatic carbocycles. The first-order valence-corrected chi connectivity index (χ1v) is 9.51. The summed E-state index contributed by atoms with van der Waals surface area (Å²) in [5.41, 5.74) is 2.30. The van der Waals surface area contributed by atoms with Crippen molar-refractivity contribution < 1.29 is 10.2 Å². The molecule has 0 aliphatic rings. The maximum absolute atomic E-state index is 9.61. The van der Waals surface area contributed by atoms with Gasteiger partial charge in [-0.1, -0.05) is 77.1 Å². The number of unbranched alkanes of at least 4 members (excludes halogenated alkanes) is 3. The highest BCUT2D eigenvalue weighted by Gasteiger charge is 2.28. The van der Waals surface area contributed by atoms with Crippen LogP contribution < -0.4 is 0 Å². The van der Waals surface area contributed by atoms with Gasteiger partial charge in [-0.15, -0.1) is 0 Å². The molecule has 0 atom stereocenters. The van der Waals surface area contributed by atoms with Crippen LogP contribution in [0.25, 0.3) is 0 Å². The lowest BCUT2D eigenvalue weighted by Gasteiger charge is -2.31. The summed E-state index contributed by atoms with van der Waals surface area (Å²) in [4.78, 5) is 0. The average Bonchev–Trinajstić information content (AvgIpc) is 2.58. The highest BCUT2D eigenvalue weighted by Crippen LogP contribution is 2.38. The lowest BCUT2D eigenvalue weighted by molar-refractivity contribution is 0.454. The molecule has 0 bridgehead atoms. The maximum atomic E-state index is 9.61. The smallest absolute Gasteiger partial charge is 0.115 e. The number of phenols is 2. The molecule has 0 unspecified atom stereocenters. The van der Waals surface area contributed by atoms with Crippen molar-refractivity contribution in [2.24, 2.45) is 5.92 Å². The van der Waals surface area contributed by atoms with Crippen molar-refractivity contribution in [2.45, 2.75) is 64.7 Å². The first-order valence-electron chi connectivity index (χ1n) is 9.51. The number of hydrogen-bond donors (Lipinski definition) is 2. The zero-order valence-corrected chi connectivity index (χ0v) is 15.8. The normalized spacial score (nSPS) is 11.8. The van der Waals surface area contributed by atoms with E-state index < -0.39 is 0 Å². The van der Waals surface area contributed by atoms with Crippen LogP contribution in [-0.2, 0) is 5.41 Å². The second kappa shape index (κ2) is 8.94. The van der Waals surface area contributed by atoms with Gasteiger partial charge in [-0.05, 0) is 47.7 Å². The topological polar surface area (TPSA) is 40.5 Å². The van der Waals surface area contributed by atoms with Crippen LogP contribution >= 0.6 is 0 Å². The van der Waals surface area contributed by atoms with Gasteiger partial charge in [-0.2, -0.15) is 0 Å². The summed E-state index contributed by atoms with van der Waals surface area (Å²) in [6.07, 6.45) is 7.40. The Morgan fingerprint density at radius 2 is 1.16 bits per heavy atom. The summed E-state index contributed by atoms with van der Waals surface area (Å²) in [7, 11) is 0. The molecule has 0 spiro atoms. The minimum absolute atomic E-state index is 0.112. The maximum Gasteiger partial charge on any atom is 0.115 e. The number of hydrogen-bond acceptors (Lipinski definition) is 2. The average molecular weight is 341 g/mol. The predicted molar refractivity (Wildman–Crippen MR) is 105 cm³/mol. The third kappa shape index (κ3) is 5.52. The molecule has 0 aromatic heterocycles. The highest BCUT2D eigenvalue weighted by atomic mass is 16.3. The molecule has 0 saturated carbocycles. The molecule has 0 heterocycles. The van der Waals surface area contributed by atoms with E-state index in [1.807, 2.05) is 24.3 Å². The zero-order valence-electron chi connectivity index (χ0n) is 15.8. The third-order valence-corrected chi connectivity index (χ3v) is 5.22. The summed E-state index contributed by atoms with van der Waals surface area (Å²) in [5.74, 6) is 1.38. The van der Waals surface area contributed by atoms with Gasteiger partial charge in [0.25, 0.3) is 0 Å². The summed E-state index contributed by atoms with van der Waals surface area (Å²) in [6.45, 7) is 6.83. The fraction of sp³-hybridized carbons (Fsp3) is 0.478. The molecular weight excluding hydrogens is 308 g/mol. The molecule has 0 fully saturated rings. The van der Waals surface area contributed by atoms with Gasteiger partial charge in [0, 0.05) is 5.41 Å². The van der Waals surface area contributed by atoms with E-state index in [1.54, 1.807) is 24.3 Å². The van der Waals surface area contributed by atoms with Crippen molar-refractivity contribution in [1.29, 1.82) is 0 Å². The number of phenolic OH excluding ortho intramolecular Hbond substituents is 2. The zero-order chi connectivity index (χ0) is 18.3. The van der Waals surface area contributed by atoms with Crippen molar-refractivity contribution in [3.8, 4) is 11.5 Å². The fourth-order valence-electron chi connectivity index (χ4n) is 3.50. The Morgan fingerprint density at radius 1 is 0.720 bits per heavy atom. The van der Waals surface area contributed by atoms with Crippen molar-refractivity contribution in [3.63, 3.8) is 0 Å². The Bertz CT molecular complexity index is 581. The summed E-state index contributed by atoms with van der Waals surface area (Å²) < 4.78 is 0. The Balaban J connectivity index is 2.10. The van der Waals surface area contributed by atoms with Gasteiger partial charge in [0.2, 0.25) is 0 Å². The second-order valence-corrected chi connectivity index (χ2v) is 7.77. The van der Waals surface area contributed by atoms with E-state index in [9.17, 15) is 10.2 Å². The second-order valence-electron chi connectivity index (χ2n) is 7.77. The molecule has 2 N–H and O–H groups in total. The van der Waals surface area contributed by atoms with Gasteiger partial charge < -0.3 is 10.2 Å². The van der Waals surface area contributed by atoms with Crippen LogP contribution in [0.3, 0.4) is 0 Å². The molecule has 0 radical (unpaired) electrons. The van der Waals surface area contributed by atoms with Crippen molar-refractivity contribution in [2.75, 3.05) is 0 Å². The van der Waals surface area contributed by atoms with Gasteiger partial charge in [0.1, 0.15) is 11.5 Å². The van der Waals surface area contributed by atoms with Crippen LogP contribution in [0.2, 0.25) is 0 Å². The molecular formula is C23H32O2. The molecule has 0 aliphatic heterocycles. The molecule has 0 amide bonds. The molecule has 25 heavy (non-hydrogen) atoms. The molecule has 136 valence electrons. The Morgan fingerprint density at radius 3 is 1.60 bits per heavy atom. The molecule has 2 aromatic carbocycles. The number of aromatic hydroxyl groups is 2. The van der Waals surface area contributed by atoms with Crippen LogP contribution in [0.15, 0.2) is 48.5 Å². The number of rotatable bonds is 9. The van der Waals surface area contributed by atoms with Gasteiger partial charge in [-0.25, -0.2) is 0 Å². The van der Waals surface area contributed by atoms with Crippen LogP contribution in [0.1, 0.15) is 70.4 Å². The van der Waals surface area contributed by atoms with Crippen LogP contribution in [0.4, 0.5) is 0 Å². The monoisotopic (exact) mass is 340 g/mol. The molecule has 2 aromatic rings. The first-order chi connectivity index (χ1) is 11.9. The van der Waals surface area contributed by atoms with E-state index in [4.69, 9.17) is 0 Å². The van der Waals surface area contributed by atoms with E-state index in [1.165, 1.54) is 43.2 Å². The lowest BCUT2D eigenvalue weighted by atomic mass is 9.72.